The van der Waals surface area contributed by atoms with Gasteiger partial charge in [0.05, 0.1) is 12.6 Å². The van der Waals surface area contributed by atoms with E-state index >= 15 is 0 Å². The minimum absolute atomic E-state index is 0.0482. The highest BCUT2D eigenvalue weighted by Crippen LogP contribution is 2.20. The van der Waals surface area contributed by atoms with Gasteiger partial charge in [0.15, 0.2) is 0 Å². The quantitative estimate of drug-likeness (QED) is 0.764. The summed E-state index contributed by atoms with van der Waals surface area (Å²) in [5, 5.41) is 12.6. The number of hydrogen-bond donors (Lipinski definition) is 2. The van der Waals surface area contributed by atoms with Gasteiger partial charge in [-0.2, -0.15) is 0 Å². The van der Waals surface area contributed by atoms with Gasteiger partial charge < -0.3 is 15.2 Å². The van der Waals surface area contributed by atoms with Crippen molar-refractivity contribution in [3.63, 3.8) is 0 Å². The van der Waals surface area contributed by atoms with E-state index in [-0.39, 0.29) is 12.6 Å². The van der Waals surface area contributed by atoms with Gasteiger partial charge in [-0.3, -0.25) is 0 Å². The van der Waals surface area contributed by atoms with Crippen LogP contribution in [0.5, 0.6) is 5.75 Å². The molecule has 88 valence electrons. The van der Waals surface area contributed by atoms with Gasteiger partial charge in [0.1, 0.15) is 12.4 Å². The molecule has 1 aromatic carbocycles. The molecule has 0 aromatic heterocycles. The maximum atomic E-state index is 9.21. The first kappa shape index (κ1) is 11.4. The molecular weight excluding hydrogens is 202 g/mol. The summed E-state index contributed by atoms with van der Waals surface area (Å²) in [7, 11) is 0. The molecule has 1 aliphatic carbocycles. The van der Waals surface area contributed by atoms with E-state index in [2.05, 4.69) is 5.32 Å². The number of hydrogen-bond acceptors (Lipinski definition) is 3. The lowest BCUT2D eigenvalue weighted by atomic mass is 10.2. The Balaban J connectivity index is 1.82. The Morgan fingerprint density at radius 2 is 2.19 bits per heavy atom. The molecule has 3 nitrogen and oxygen atoms in total. The van der Waals surface area contributed by atoms with Crippen LogP contribution in [0.3, 0.4) is 0 Å². The predicted octanol–water partition coefficient (Wildman–Crippen LogP) is 1.49. The van der Waals surface area contributed by atoms with Crippen LogP contribution in [0.25, 0.3) is 0 Å². The van der Waals surface area contributed by atoms with E-state index in [0.717, 1.165) is 11.3 Å². The fraction of sp³-hybridized carbons (Fsp3) is 0.538. The number of rotatable bonds is 6. The van der Waals surface area contributed by atoms with E-state index < -0.39 is 0 Å². The lowest BCUT2D eigenvalue weighted by molar-refractivity contribution is 0.181. The molecule has 1 aliphatic rings. The van der Waals surface area contributed by atoms with Crippen molar-refractivity contribution in [3.8, 4) is 5.75 Å². The van der Waals surface area contributed by atoms with Crippen molar-refractivity contribution >= 4 is 0 Å². The number of aryl methyl sites for hydroxylation is 1. The molecule has 0 amide bonds. The second kappa shape index (κ2) is 5.32. The smallest absolute Gasteiger partial charge is 0.122 e. The van der Waals surface area contributed by atoms with E-state index in [4.69, 9.17) is 4.74 Å². The maximum absolute atomic E-state index is 9.21. The number of benzene rings is 1. The van der Waals surface area contributed by atoms with Crippen LogP contribution < -0.4 is 10.1 Å². The van der Waals surface area contributed by atoms with Gasteiger partial charge in [0, 0.05) is 6.04 Å². The highest BCUT2D eigenvalue weighted by molar-refractivity contribution is 5.31. The third kappa shape index (κ3) is 3.22. The van der Waals surface area contributed by atoms with Crippen LogP contribution in [0.4, 0.5) is 0 Å². The fourth-order valence-electron chi connectivity index (χ4n) is 1.65. The van der Waals surface area contributed by atoms with Crippen molar-refractivity contribution in [1.82, 2.24) is 5.32 Å². The Morgan fingerprint density at radius 3 is 2.81 bits per heavy atom. The van der Waals surface area contributed by atoms with Crippen LogP contribution in [0.15, 0.2) is 24.3 Å². The Bertz CT molecular complexity index is 336. The van der Waals surface area contributed by atoms with E-state index in [0.29, 0.717) is 12.6 Å². The van der Waals surface area contributed by atoms with Crippen molar-refractivity contribution in [2.75, 3.05) is 13.2 Å². The van der Waals surface area contributed by atoms with Crippen LogP contribution in [0.2, 0.25) is 0 Å². The Morgan fingerprint density at radius 1 is 1.44 bits per heavy atom. The molecule has 1 atom stereocenters. The average Bonchev–Trinajstić information content (AvgIpc) is 3.10. The minimum Gasteiger partial charge on any atom is -0.492 e. The Kier molecular flexibility index (Phi) is 3.80. The van der Waals surface area contributed by atoms with Gasteiger partial charge in [0.25, 0.3) is 0 Å². The van der Waals surface area contributed by atoms with Crippen LogP contribution in [-0.4, -0.2) is 30.4 Å². The van der Waals surface area contributed by atoms with E-state index in [1.165, 1.54) is 12.8 Å². The average molecular weight is 221 g/mol. The summed E-state index contributed by atoms with van der Waals surface area (Å²) in [6.07, 6.45) is 2.45. The van der Waals surface area contributed by atoms with Gasteiger partial charge >= 0.3 is 0 Å². The summed E-state index contributed by atoms with van der Waals surface area (Å²) in [6.45, 7) is 2.68. The molecule has 0 radical (unpaired) electrons. The molecule has 0 heterocycles. The van der Waals surface area contributed by atoms with E-state index in [1.54, 1.807) is 0 Å². The molecule has 1 fully saturated rings. The Hall–Kier alpha value is -1.06. The summed E-state index contributed by atoms with van der Waals surface area (Å²) in [5.74, 6) is 0.901. The van der Waals surface area contributed by atoms with Crippen molar-refractivity contribution in [2.24, 2.45) is 0 Å². The molecule has 16 heavy (non-hydrogen) atoms. The third-order valence-electron chi connectivity index (χ3n) is 2.80. The van der Waals surface area contributed by atoms with Gasteiger partial charge in [-0.15, -0.1) is 0 Å². The minimum atomic E-state index is 0.0482. The fourth-order valence-corrected chi connectivity index (χ4v) is 1.65. The van der Waals surface area contributed by atoms with Crippen LogP contribution in [0, 0.1) is 6.92 Å². The highest BCUT2D eigenvalue weighted by Gasteiger charge is 2.24. The molecule has 3 heteroatoms. The molecule has 0 saturated heterocycles. The molecule has 2 rings (SSSR count). The highest BCUT2D eigenvalue weighted by atomic mass is 16.5. The zero-order valence-electron chi connectivity index (χ0n) is 9.65. The monoisotopic (exact) mass is 221 g/mol. The normalized spacial score (nSPS) is 17.1. The zero-order chi connectivity index (χ0) is 11.4. The second-order valence-electron chi connectivity index (χ2n) is 4.40. The van der Waals surface area contributed by atoms with Crippen molar-refractivity contribution < 1.29 is 9.84 Å². The first-order chi connectivity index (χ1) is 7.79. The SMILES string of the molecule is Cc1ccccc1OCC(CO)NC1CC1. The largest absolute Gasteiger partial charge is 0.492 e. The van der Waals surface area contributed by atoms with Gasteiger partial charge in [-0.1, -0.05) is 18.2 Å². The summed E-state index contributed by atoms with van der Waals surface area (Å²) < 4.78 is 5.70. The number of para-hydroxylation sites is 1. The van der Waals surface area contributed by atoms with Crippen molar-refractivity contribution in [2.45, 2.75) is 31.8 Å². The second-order valence-corrected chi connectivity index (χ2v) is 4.40. The molecule has 0 aliphatic heterocycles. The van der Waals surface area contributed by atoms with Crippen LogP contribution >= 0.6 is 0 Å². The zero-order valence-corrected chi connectivity index (χ0v) is 9.65. The molecule has 0 bridgehead atoms. The first-order valence-electron chi connectivity index (χ1n) is 5.85. The third-order valence-corrected chi connectivity index (χ3v) is 2.80. The molecule has 1 saturated carbocycles. The van der Waals surface area contributed by atoms with Gasteiger partial charge in [-0.05, 0) is 31.4 Å². The summed E-state index contributed by atoms with van der Waals surface area (Å²) >= 11 is 0. The number of aliphatic hydroxyl groups excluding tert-OH is 1. The molecule has 1 aromatic rings. The molecule has 2 N–H and O–H groups in total. The molecule has 1 unspecified atom stereocenters. The molecule has 0 spiro atoms. The van der Waals surface area contributed by atoms with Gasteiger partial charge in [0.2, 0.25) is 0 Å². The van der Waals surface area contributed by atoms with E-state index in [1.807, 2.05) is 31.2 Å². The summed E-state index contributed by atoms with van der Waals surface area (Å²) in [4.78, 5) is 0. The standard InChI is InChI=1S/C13H19NO2/c1-10-4-2-3-5-13(10)16-9-12(8-15)14-11-6-7-11/h2-5,11-12,14-15H,6-9H2,1H3. The summed E-state index contributed by atoms with van der Waals surface area (Å²) in [6, 6.07) is 8.58. The predicted molar refractivity (Wildman–Crippen MR) is 63.7 cm³/mol. The number of ether oxygens (including phenoxy) is 1. The number of nitrogens with one attached hydrogen (secondary N) is 1. The first-order valence-corrected chi connectivity index (χ1v) is 5.85. The summed E-state index contributed by atoms with van der Waals surface area (Å²) in [5.41, 5.74) is 1.13. The Labute approximate surface area is 96.4 Å². The topological polar surface area (TPSA) is 41.5 Å². The van der Waals surface area contributed by atoms with Crippen LogP contribution in [-0.2, 0) is 0 Å². The lowest BCUT2D eigenvalue weighted by Crippen LogP contribution is -2.39. The molecular formula is C13H19NO2. The van der Waals surface area contributed by atoms with Crippen molar-refractivity contribution in [1.29, 1.82) is 0 Å². The van der Waals surface area contributed by atoms with Gasteiger partial charge in [-0.25, -0.2) is 0 Å². The number of aliphatic hydroxyl groups is 1. The van der Waals surface area contributed by atoms with Crippen LogP contribution in [0.1, 0.15) is 18.4 Å². The van der Waals surface area contributed by atoms with Crippen molar-refractivity contribution in [3.05, 3.63) is 29.8 Å². The maximum Gasteiger partial charge on any atom is 0.122 e. The lowest BCUT2D eigenvalue weighted by Gasteiger charge is -2.17. The van der Waals surface area contributed by atoms with E-state index in [9.17, 15) is 5.11 Å².